The van der Waals surface area contributed by atoms with Crippen molar-refractivity contribution in [1.29, 1.82) is 0 Å². The first kappa shape index (κ1) is 30.2. The Morgan fingerprint density at radius 1 is 1.15 bits per heavy atom. The van der Waals surface area contributed by atoms with E-state index in [2.05, 4.69) is 24.5 Å². The van der Waals surface area contributed by atoms with Crippen LogP contribution in [0.15, 0.2) is 65.5 Å². The summed E-state index contributed by atoms with van der Waals surface area (Å²) < 4.78 is 9.80. The van der Waals surface area contributed by atoms with E-state index in [1.54, 1.807) is 18.2 Å². The number of para-hydroxylation sites is 1. The summed E-state index contributed by atoms with van der Waals surface area (Å²) in [4.78, 5) is 24.0. The lowest BCUT2D eigenvalue weighted by molar-refractivity contribution is 0.0966. The monoisotopic (exact) mass is 571 g/mol. The quantitative estimate of drug-likeness (QED) is 0.168. The first-order valence-electron chi connectivity index (χ1n) is 12.4. The Labute approximate surface area is 238 Å². The van der Waals surface area contributed by atoms with Gasteiger partial charge in [0.2, 0.25) is 11.8 Å². The van der Waals surface area contributed by atoms with Crippen LogP contribution in [0, 0.1) is 6.92 Å². The van der Waals surface area contributed by atoms with Crippen molar-refractivity contribution >= 4 is 41.4 Å². The Morgan fingerprint density at radius 2 is 1.90 bits per heavy atom. The summed E-state index contributed by atoms with van der Waals surface area (Å²) in [7, 11) is 1.90. The van der Waals surface area contributed by atoms with Crippen molar-refractivity contribution < 1.29 is 9.53 Å². The molecule has 0 unspecified atom stereocenters. The van der Waals surface area contributed by atoms with Crippen molar-refractivity contribution in [2.45, 2.75) is 6.92 Å². The number of ether oxygens (including phenoxy) is 1. The first-order chi connectivity index (χ1) is 18.8. The van der Waals surface area contributed by atoms with Crippen LogP contribution in [0.1, 0.15) is 16.1 Å². The number of nitrogens with two attached hydrogens (primary N) is 3. The standard InChI is InChI=1S/C26H37N9O2S2/c1-19-18-24(37-17-7-6-12-27)32-26(30-19)34-13-15-35(16-14-34)39-23(29)11-10-22(28)31-25(36)20-8-4-5-9-21(20)33(2)38-3/h4-11,18H,12-17,27-29H2,1-3H3,(H,31,36)/b7-6?,22-10+,23-11+. The van der Waals surface area contributed by atoms with Crippen LogP contribution in [0.3, 0.4) is 0 Å². The number of aromatic nitrogens is 2. The van der Waals surface area contributed by atoms with E-state index >= 15 is 0 Å². The number of hydrogen-bond acceptors (Lipinski definition) is 12. The van der Waals surface area contributed by atoms with Gasteiger partial charge in [-0.25, -0.2) is 9.29 Å². The zero-order valence-electron chi connectivity index (χ0n) is 22.5. The van der Waals surface area contributed by atoms with Gasteiger partial charge < -0.3 is 36.5 Å². The van der Waals surface area contributed by atoms with Gasteiger partial charge in [-0.15, -0.1) is 0 Å². The van der Waals surface area contributed by atoms with Gasteiger partial charge in [-0.1, -0.05) is 36.2 Å². The van der Waals surface area contributed by atoms with Gasteiger partial charge in [-0.05, 0) is 43.2 Å². The molecule has 1 aliphatic heterocycles. The summed E-state index contributed by atoms with van der Waals surface area (Å²) in [5, 5.41) is 3.29. The summed E-state index contributed by atoms with van der Waals surface area (Å²) in [6.07, 6.45) is 8.95. The van der Waals surface area contributed by atoms with Crippen LogP contribution in [0.2, 0.25) is 0 Å². The van der Waals surface area contributed by atoms with Crippen molar-refractivity contribution in [3.05, 3.63) is 76.7 Å². The van der Waals surface area contributed by atoms with Crippen LogP contribution >= 0.6 is 23.9 Å². The number of rotatable bonds is 12. The Bertz CT molecular complexity index is 1200. The molecule has 2 aromatic rings. The highest BCUT2D eigenvalue weighted by Crippen LogP contribution is 2.24. The second-order valence-corrected chi connectivity index (χ2v) is 10.6. The van der Waals surface area contributed by atoms with E-state index in [0.29, 0.717) is 35.6 Å². The minimum Gasteiger partial charge on any atom is -0.473 e. The maximum atomic E-state index is 12.8. The molecule has 1 saturated heterocycles. The largest absolute Gasteiger partial charge is 0.473 e. The molecule has 13 heteroatoms. The Balaban J connectivity index is 1.51. The number of piperazine rings is 1. The molecule has 0 atom stereocenters. The Kier molecular flexibility index (Phi) is 11.8. The van der Waals surface area contributed by atoms with Crippen molar-refractivity contribution in [2.24, 2.45) is 17.2 Å². The van der Waals surface area contributed by atoms with Gasteiger partial charge in [0.05, 0.1) is 16.3 Å². The van der Waals surface area contributed by atoms with Crippen molar-refractivity contribution in [2.75, 3.05) is 61.8 Å². The van der Waals surface area contributed by atoms with Gasteiger partial charge in [0.25, 0.3) is 5.91 Å². The zero-order valence-corrected chi connectivity index (χ0v) is 24.2. The number of benzene rings is 1. The van der Waals surface area contributed by atoms with Crippen molar-refractivity contribution in [3.63, 3.8) is 0 Å². The van der Waals surface area contributed by atoms with E-state index in [1.165, 1.54) is 23.9 Å². The summed E-state index contributed by atoms with van der Waals surface area (Å²) in [6, 6.07) is 9.18. The molecule has 0 saturated carbocycles. The second kappa shape index (κ2) is 15.3. The Hall–Kier alpha value is -3.39. The minimum absolute atomic E-state index is 0.211. The van der Waals surface area contributed by atoms with Crippen LogP contribution in [0.5, 0.6) is 5.88 Å². The van der Waals surface area contributed by atoms with Crippen molar-refractivity contribution in [1.82, 2.24) is 19.6 Å². The Morgan fingerprint density at radius 3 is 2.62 bits per heavy atom. The summed E-state index contributed by atoms with van der Waals surface area (Å²) in [6.45, 7) is 5.83. The lowest BCUT2D eigenvalue weighted by Gasteiger charge is -2.33. The van der Waals surface area contributed by atoms with Gasteiger partial charge in [0.1, 0.15) is 12.4 Å². The fraction of sp³-hybridized carbons (Fsp3) is 0.346. The van der Waals surface area contributed by atoms with Crippen LogP contribution in [0.25, 0.3) is 0 Å². The highest BCUT2D eigenvalue weighted by Gasteiger charge is 2.21. The van der Waals surface area contributed by atoms with Gasteiger partial charge in [-0.3, -0.25) is 4.79 Å². The SMILES string of the molecule is CSN(C)c1ccccc1C(=O)N/C(N)=C/C=C(\N)SN1CCN(c2nc(C)cc(OCC=CCN)n2)CC1. The number of allylic oxidation sites excluding steroid dienone is 2. The second-order valence-electron chi connectivity index (χ2n) is 8.52. The highest BCUT2D eigenvalue weighted by atomic mass is 32.2. The molecule has 0 bridgehead atoms. The number of hydrogen-bond donors (Lipinski definition) is 4. The lowest BCUT2D eigenvalue weighted by Crippen LogP contribution is -2.44. The third-order valence-corrected chi connectivity index (χ3v) is 7.37. The molecular weight excluding hydrogens is 534 g/mol. The smallest absolute Gasteiger partial charge is 0.258 e. The maximum Gasteiger partial charge on any atom is 0.258 e. The van der Waals surface area contributed by atoms with Gasteiger partial charge >= 0.3 is 0 Å². The topological polar surface area (TPSA) is 152 Å². The third kappa shape index (κ3) is 9.39. The molecule has 1 aromatic carbocycles. The van der Waals surface area contributed by atoms with E-state index in [0.717, 1.165) is 37.6 Å². The zero-order chi connectivity index (χ0) is 28.2. The molecule has 0 aliphatic carbocycles. The van der Waals surface area contributed by atoms with Crippen molar-refractivity contribution in [3.8, 4) is 5.88 Å². The summed E-state index contributed by atoms with van der Waals surface area (Å²) >= 11 is 2.96. The van der Waals surface area contributed by atoms with Crippen LogP contribution in [-0.4, -0.2) is 72.8 Å². The van der Waals surface area contributed by atoms with E-state index in [1.807, 2.05) is 60.9 Å². The fourth-order valence-corrected chi connectivity index (χ4v) is 4.78. The molecule has 1 fully saturated rings. The number of carbonyl (C=O) groups is 1. The van der Waals surface area contributed by atoms with E-state index in [9.17, 15) is 4.79 Å². The summed E-state index contributed by atoms with van der Waals surface area (Å²) in [5.41, 5.74) is 19.9. The molecular formula is C26H37N9O2S2. The number of anilines is 2. The van der Waals surface area contributed by atoms with E-state index < -0.39 is 0 Å². The molecule has 2 heterocycles. The van der Waals surface area contributed by atoms with E-state index in [-0.39, 0.29) is 11.7 Å². The molecule has 1 amide bonds. The maximum absolute atomic E-state index is 12.8. The van der Waals surface area contributed by atoms with Gasteiger partial charge in [0, 0.05) is 57.8 Å². The first-order valence-corrected chi connectivity index (χ1v) is 14.4. The third-order valence-electron chi connectivity index (χ3n) is 5.65. The molecule has 0 spiro atoms. The average molecular weight is 572 g/mol. The molecule has 39 heavy (non-hydrogen) atoms. The number of amides is 1. The molecule has 0 radical (unpaired) electrons. The van der Waals surface area contributed by atoms with E-state index in [4.69, 9.17) is 21.9 Å². The molecule has 1 aromatic heterocycles. The number of nitrogens with one attached hydrogen (secondary N) is 1. The van der Waals surface area contributed by atoms with Gasteiger partial charge in [-0.2, -0.15) is 4.98 Å². The van der Waals surface area contributed by atoms with Gasteiger partial charge in [0.15, 0.2) is 0 Å². The fourth-order valence-electron chi connectivity index (χ4n) is 3.65. The normalized spacial score (nSPS) is 15.0. The number of aryl methyl sites for hydroxylation is 1. The predicted octanol–water partition coefficient (Wildman–Crippen LogP) is 2.19. The highest BCUT2D eigenvalue weighted by molar-refractivity contribution is 8.00. The molecule has 210 valence electrons. The molecule has 7 N–H and O–H groups in total. The average Bonchev–Trinajstić information content (AvgIpc) is 2.94. The number of carbonyl (C=O) groups excluding carboxylic acids is 1. The number of nitrogens with zero attached hydrogens (tertiary/aromatic N) is 5. The predicted molar refractivity (Wildman–Crippen MR) is 162 cm³/mol. The van der Waals surface area contributed by atoms with Crippen LogP contribution in [-0.2, 0) is 0 Å². The van der Waals surface area contributed by atoms with Crippen LogP contribution in [0.4, 0.5) is 11.6 Å². The van der Waals surface area contributed by atoms with Crippen LogP contribution < -0.4 is 36.5 Å². The minimum atomic E-state index is -0.282. The lowest BCUT2D eigenvalue weighted by atomic mass is 10.1. The molecule has 3 rings (SSSR count). The molecule has 11 nitrogen and oxygen atoms in total. The summed E-state index contributed by atoms with van der Waals surface area (Å²) in [5.74, 6) is 1.12. The molecule has 1 aliphatic rings.